The molecule has 0 spiro atoms. The Morgan fingerprint density at radius 3 is 2.63 bits per heavy atom. The summed E-state index contributed by atoms with van der Waals surface area (Å²) in [5, 5.41) is 12.1. The molecule has 3 heterocycles. The number of benzene rings is 1. The molecule has 0 saturated carbocycles. The van der Waals surface area contributed by atoms with Crippen molar-refractivity contribution in [3.8, 4) is 11.5 Å². The Morgan fingerprint density at radius 2 is 1.93 bits per heavy atom. The van der Waals surface area contributed by atoms with Gasteiger partial charge in [0.1, 0.15) is 5.01 Å². The summed E-state index contributed by atoms with van der Waals surface area (Å²) < 4.78 is 38.8. The molecule has 30 heavy (non-hydrogen) atoms. The lowest BCUT2D eigenvalue weighted by atomic mass is 9.97. The molecule has 4 rings (SSSR count). The van der Waals surface area contributed by atoms with E-state index in [1.165, 1.54) is 21.7 Å². The minimum atomic E-state index is -3.67. The number of carbonyl (C=O) groups excluding carboxylic acids is 1. The quantitative estimate of drug-likeness (QED) is 0.741. The smallest absolute Gasteiger partial charge is 0.243 e. The molecule has 9 nitrogen and oxygen atoms in total. The zero-order valence-corrected chi connectivity index (χ0v) is 18.3. The molecule has 0 aliphatic carbocycles. The summed E-state index contributed by atoms with van der Waals surface area (Å²) in [5.74, 6) is 0.617. The minimum absolute atomic E-state index is 0.138. The van der Waals surface area contributed by atoms with E-state index < -0.39 is 10.0 Å². The maximum atomic E-state index is 13.1. The third-order valence-electron chi connectivity index (χ3n) is 5.18. The lowest BCUT2D eigenvalue weighted by Gasteiger charge is -2.30. The summed E-state index contributed by atoms with van der Waals surface area (Å²) in [6, 6.07) is 4.71. The van der Waals surface area contributed by atoms with Gasteiger partial charge in [-0.05, 0) is 31.4 Å². The van der Waals surface area contributed by atoms with Crippen molar-refractivity contribution in [3.05, 3.63) is 23.2 Å². The van der Waals surface area contributed by atoms with Crippen LogP contribution in [-0.4, -0.2) is 55.1 Å². The van der Waals surface area contributed by atoms with Gasteiger partial charge in [-0.2, -0.15) is 4.31 Å². The van der Waals surface area contributed by atoms with Gasteiger partial charge >= 0.3 is 0 Å². The van der Waals surface area contributed by atoms with Crippen molar-refractivity contribution < 1.29 is 22.7 Å². The SMILES string of the molecule is CCc1nnc(NC(=O)C2CCN(S(=O)(=O)c3ccc4c(c3)OCCCO4)CC2)s1. The number of nitrogens with zero attached hydrogens (tertiary/aromatic N) is 3. The van der Waals surface area contributed by atoms with Gasteiger partial charge in [0.15, 0.2) is 11.5 Å². The summed E-state index contributed by atoms with van der Waals surface area (Å²) in [4.78, 5) is 12.7. The topological polar surface area (TPSA) is 111 Å². The minimum Gasteiger partial charge on any atom is -0.490 e. The van der Waals surface area contributed by atoms with Crippen molar-refractivity contribution in [3.63, 3.8) is 0 Å². The van der Waals surface area contributed by atoms with Gasteiger partial charge in [-0.15, -0.1) is 10.2 Å². The van der Waals surface area contributed by atoms with Crippen LogP contribution in [0.25, 0.3) is 0 Å². The third kappa shape index (κ3) is 4.42. The van der Waals surface area contributed by atoms with Crippen LogP contribution < -0.4 is 14.8 Å². The zero-order chi connectivity index (χ0) is 21.1. The van der Waals surface area contributed by atoms with E-state index in [1.54, 1.807) is 12.1 Å². The predicted octanol–water partition coefficient (Wildman–Crippen LogP) is 2.30. The Balaban J connectivity index is 1.39. The summed E-state index contributed by atoms with van der Waals surface area (Å²) in [5.41, 5.74) is 0. The highest BCUT2D eigenvalue weighted by Crippen LogP contribution is 2.34. The number of carbonyl (C=O) groups is 1. The van der Waals surface area contributed by atoms with E-state index in [1.807, 2.05) is 6.92 Å². The molecule has 1 N–H and O–H groups in total. The lowest BCUT2D eigenvalue weighted by Crippen LogP contribution is -2.41. The van der Waals surface area contributed by atoms with E-state index in [4.69, 9.17) is 9.47 Å². The highest BCUT2D eigenvalue weighted by atomic mass is 32.2. The standard InChI is InChI=1S/C19H24N4O5S2/c1-2-17-21-22-19(29-17)20-18(24)13-6-8-23(9-7-13)30(25,26)14-4-5-15-16(12-14)28-11-3-10-27-15/h4-5,12-13H,2-3,6-11H2,1H3,(H,20,22,24). The van der Waals surface area contributed by atoms with Crippen molar-refractivity contribution >= 4 is 32.4 Å². The number of sulfonamides is 1. The van der Waals surface area contributed by atoms with Crippen LogP contribution in [0.3, 0.4) is 0 Å². The number of amides is 1. The summed E-state index contributed by atoms with van der Waals surface area (Å²) >= 11 is 1.36. The van der Waals surface area contributed by atoms with Crippen LogP contribution in [0.2, 0.25) is 0 Å². The van der Waals surface area contributed by atoms with Gasteiger partial charge in [-0.25, -0.2) is 8.42 Å². The fourth-order valence-electron chi connectivity index (χ4n) is 3.47. The van der Waals surface area contributed by atoms with E-state index in [0.717, 1.165) is 17.8 Å². The normalized spacial score (nSPS) is 18.0. The first-order valence-corrected chi connectivity index (χ1v) is 12.3. The number of anilines is 1. The predicted molar refractivity (Wildman–Crippen MR) is 111 cm³/mol. The van der Waals surface area contributed by atoms with E-state index in [9.17, 15) is 13.2 Å². The number of hydrogen-bond acceptors (Lipinski definition) is 8. The average molecular weight is 453 g/mol. The molecule has 162 valence electrons. The number of aromatic nitrogens is 2. The molecule has 2 aliphatic rings. The Hall–Kier alpha value is -2.24. The van der Waals surface area contributed by atoms with Gasteiger partial charge in [0.25, 0.3) is 0 Å². The molecule has 11 heteroatoms. The molecule has 0 unspecified atom stereocenters. The van der Waals surface area contributed by atoms with Crippen LogP contribution in [0, 0.1) is 5.92 Å². The van der Waals surface area contributed by atoms with Crippen molar-refractivity contribution in [2.24, 2.45) is 5.92 Å². The van der Waals surface area contributed by atoms with E-state index >= 15 is 0 Å². The molecule has 1 fully saturated rings. The van der Waals surface area contributed by atoms with Gasteiger partial charge in [0.2, 0.25) is 21.1 Å². The summed E-state index contributed by atoms with van der Waals surface area (Å²) in [7, 11) is -3.67. The largest absolute Gasteiger partial charge is 0.490 e. The van der Waals surface area contributed by atoms with Gasteiger partial charge in [-0.1, -0.05) is 18.3 Å². The number of aryl methyl sites for hydroxylation is 1. The molecule has 2 aromatic rings. The van der Waals surface area contributed by atoms with Gasteiger partial charge in [-0.3, -0.25) is 4.79 Å². The maximum Gasteiger partial charge on any atom is 0.243 e. The van der Waals surface area contributed by atoms with Crippen molar-refractivity contribution in [1.82, 2.24) is 14.5 Å². The number of fused-ring (bicyclic) bond motifs is 1. The van der Waals surface area contributed by atoms with Crippen LogP contribution in [0.1, 0.15) is 31.2 Å². The van der Waals surface area contributed by atoms with Crippen molar-refractivity contribution in [2.75, 3.05) is 31.6 Å². The molecule has 1 aromatic heterocycles. The number of piperidine rings is 1. The molecular weight excluding hydrogens is 428 g/mol. The average Bonchev–Trinajstić information content (AvgIpc) is 3.08. The Kier molecular flexibility index (Phi) is 6.21. The Labute approximate surface area is 179 Å². The number of ether oxygens (including phenoxy) is 2. The monoisotopic (exact) mass is 452 g/mol. The van der Waals surface area contributed by atoms with Gasteiger partial charge < -0.3 is 14.8 Å². The summed E-state index contributed by atoms with van der Waals surface area (Å²) in [6.07, 6.45) is 2.43. The first-order chi connectivity index (χ1) is 14.5. The van der Waals surface area contributed by atoms with Crippen LogP contribution in [0.4, 0.5) is 5.13 Å². The second-order valence-corrected chi connectivity index (χ2v) is 10.2. The van der Waals surface area contributed by atoms with E-state index in [0.29, 0.717) is 42.7 Å². The third-order valence-corrected chi connectivity index (χ3v) is 8.06. The maximum absolute atomic E-state index is 13.1. The molecule has 0 atom stereocenters. The fraction of sp³-hybridized carbons (Fsp3) is 0.526. The molecule has 1 saturated heterocycles. The van der Waals surface area contributed by atoms with Crippen LogP contribution in [-0.2, 0) is 21.2 Å². The van der Waals surface area contributed by atoms with Crippen LogP contribution in [0.5, 0.6) is 11.5 Å². The molecular formula is C19H24N4O5S2. The summed E-state index contributed by atoms with van der Waals surface area (Å²) in [6.45, 7) is 3.58. The molecule has 1 aromatic carbocycles. The molecule has 2 aliphatic heterocycles. The van der Waals surface area contributed by atoms with E-state index in [2.05, 4.69) is 15.5 Å². The Bertz CT molecular complexity index is 1020. The van der Waals surface area contributed by atoms with E-state index in [-0.39, 0.29) is 29.8 Å². The van der Waals surface area contributed by atoms with Crippen LogP contribution in [0.15, 0.2) is 23.1 Å². The second-order valence-electron chi connectivity index (χ2n) is 7.18. The zero-order valence-electron chi connectivity index (χ0n) is 16.7. The lowest BCUT2D eigenvalue weighted by molar-refractivity contribution is -0.120. The first-order valence-electron chi connectivity index (χ1n) is 10.0. The van der Waals surface area contributed by atoms with Crippen LogP contribution >= 0.6 is 11.3 Å². The van der Waals surface area contributed by atoms with Gasteiger partial charge in [0, 0.05) is 31.5 Å². The highest BCUT2D eigenvalue weighted by Gasteiger charge is 2.33. The Morgan fingerprint density at radius 1 is 1.20 bits per heavy atom. The fourth-order valence-corrected chi connectivity index (χ4v) is 5.63. The molecule has 1 amide bonds. The number of hydrogen-bond donors (Lipinski definition) is 1. The highest BCUT2D eigenvalue weighted by molar-refractivity contribution is 7.89. The second kappa shape index (κ2) is 8.86. The van der Waals surface area contributed by atoms with Crippen molar-refractivity contribution in [1.29, 1.82) is 0 Å². The number of nitrogens with one attached hydrogen (secondary N) is 1. The molecule has 0 radical (unpaired) electrons. The first kappa shape index (κ1) is 21.0. The van der Waals surface area contributed by atoms with Gasteiger partial charge in [0.05, 0.1) is 18.1 Å². The molecule has 0 bridgehead atoms. The number of rotatable bonds is 5. The van der Waals surface area contributed by atoms with Crippen molar-refractivity contribution in [2.45, 2.75) is 37.5 Å².